The molecule has 24 heavy (non-hydrogen) atoms. The summed E-state index contributed by atoms with van der Waals surface area (Å²) in [6.45, 7) is 9.47. The molecule has 1 aliphatic heterocycles. The van der Waals surface area contributed by atoms with Crippen molar-refractivity contribution < 1.29 is 19.1 Å². The van der Waals surface area contributed by atoms with Gasteiger partial charge in [0.15, 0.2) is 5.60 Å². The van der Waals surface area contributed by atoms with Crippen molar-refractivity contribution in [3.05, 3.63) is 23.2 Å². The highest BCUT2D eigenvalue weighted by molar-refractivity contribution is 6.31. The summed E-state index contributed by atoms with van der Waals surface area (Å²) in [6, 6.07) is 4.26. The second-order valence-electron chi connectivity index (χ2n) is 6.93. The summed E-state index contributed by atoms with van der Waals surface area (Å²) in [4.78, 5) is 26.6. The summed E-state index contributed by atoms with van der Waals surface area (Å²) in [7, 11) is 0. The standard InChI is InChI=1S/C18H24ClNO4/c1-11(2)8-9-23-16(21)12(3)20-14-10-13(19)6-7-15(14)24-18(4,5)17(20)22/h6-7,10-12H,8-9H2,1-5H3. The van der Waals surface area contributed by atoms with Crippen molar-refractivity contribution in [1.29, 1.82) is 0 Å². The van der Waals surface area contributed by atoms with Crippen LogP contribution in [-0.4, -0.2) is 30.1 Å². The van der Waals surface area contributed by atoms with Gasteiger partial charge in [0.2, 0.25) is 0 Å². The van der Waals surface area contributed by atoms with Crippen molar-refractivity contribution in [3.63, 3.8) is 0 Å². The molecule has 0 saturated carbocycles. The van der Waals surface area contributed by atoms with Crippen molar-refractivity contribution in [2.45, 2.75) is 52.7 Å². The zero-order valence-electron chi connectivity index (χ0n) is 14.8. The molecule has 0 radical (unpaired) electrons. The predicted octanol–water partition coefficient (Wildman–Crippen LogP) is 3.82. The van der Waals surface area contributed by atoms with E-state index in [1.165, 1.54) is 4.90 Å². The molecule has 0 bridgehead atoms. The van der Waals surface area contributed by atoms with Gasteiger partial charge >= 0.3 is 5.97 Å². The second kappa shape index (κ2) is 7.01. The number of ether oxygens (including phenoxy) is 2. The minimum Gasteiger partial charge on any atom is -0.476 e. The van der Waals surface area contributed by atoms with Crippen LogP contribution in [0.1, 0.15) is 41.0 Å². The summed E-state index contributed by atoms with van der Waals surface area (Å²) >= 11 is 6.05. The first-order chi connectivity index (χ1) is 11.1. The molecule has 0 fully saturated rings. The lowest BCUT2D eigenvalue weighted by Gasteiger charge is -2.40. The quantitative estimate of drug-likeness (QED) is 0.755. The van der Waals surface area contributed by atoms with Crippen LogP contribution in [-0.2, 0) is 14.3 Å². The number of hydrogen-bond donors (Lipinski definition) is 0. The van der Waals surface area contributed by atoms with Crippen LogP contribution in [0.5, 0.6) is 5.75 Å². The summed E-state index contributed by atoms with van der Waals surface area (Å²) in [6.07, 6.45) is 0.781. The first-order valence-corrected chi connectivity index (χ1v) is 8.50. The molecule has 0 spiro atoms. The molecule has 1 aromatic carbocycles. The van der Waals surface area contributed by atoms with Gasteiger partial charge in [-0.1, -0.05) is 25.4 Å². The number of esters is 1. The van der Waals surface area contributed by atoms with Crippen molar-refractivity contribution in [2.24, 2.45) is 5.92 Å². The fourth-order valence-corrected chi connectivity index (χ4v) is 2.66. The van der Waals surface area contributed by atoms with Crippen LogP contribution in [0.3, 0.4) is 0 Å². The molecule has 1 heterocycles. The number of benzene rings is 1. The minimum atomic E-state index is -1.06. The monoisotopic (exact) mass is 353 g/mol. The van der Waals surface area contributed by atoms with E-state index in [1.807, 2.05) is 0 Å². The fourth-order valence-electron chi connectivity index (χ4n) is 2.49. The van der Waals surface area contributed by atoms with Gasteiger partial charge in [-0.25, -0.2) is 4.79 Å². The topological polar surface area (TPSA) is 55.8 Å². The van der Waals surface area contributed by atoms with Crippen molar-refractivity contribution in [1.82, 2.24) is 0 Å². The zero-order valence-corrected chi connectivity index (χ0v) is 15.5. The average molecular weight is 354 g/mol. The second-order valence-corrected chi connectivity index (χ2v) is 7.36. The maximum atomic E-state index is 12.8. The van der Waals surface area contributed by atoms with E-state index in [-0.39, 0.29) is 5.91 Å². The Morgan fingerprint density at radius 1 is 1.33 bits per heavy atom. The molecule has 1 unspecified atom stereocenters. The van der Waals surface area contributed by atoms with E-state index in [0.29, 0.717) is 29.0 Å². The number of hydrogen-bond acceptors (Lipinski definition) is 4. The first kappa shape index (κ1) is 18.6. The van der Waals surface area contributed by atoms with Crippen molar-refractivity contribution in [2.75, 3.05) is 11.5 Å². The van der Waals surface area contributed by atoms with Gasteiger partial charge in [-0.3, -0.25) is 9.69 Å². The highest BCUT2D eigenvalue weighted by Gasteiger charge is 2.44. The van der Waals surface area contributed by atoms with Crippen LogP contribution in [0.15, 0.2) is 18.2 Å². The Balaban J connectivity index is 2.28. The first-order valence-electron chi connectivity index (χ1n) is 8.12. The summed E-state index contributed by atoms with van der Waals surface area (Å²) in [5, 5.41) is 0.468. The van der Waals surface area contributed by atoms with Crippen molar-refractivity contribution in [3.8, 4) is 5.75 Å². The number of halogens is 1. The largest absolute Gasteiger partial charge is 0.476 e. The van der Waals surface area contributed by atoms with E-state index >= 15 is 0 Å². The Morgan fingerprint density at radius 3 is 2.62 bits per heavy atom. The van der Waals surface area contributed by atoms with Gasteiger partial charge in [0.1, 0.15) is 11.8 Å². The molecule has 1 aliphatic rings. The summed E-state index contributed by atoms with van der Waals surface area (Å²) < 4.78 is 11.1. The van der Waals surface area contributed by atoms with E-state index in [1.54, 1.807) is 39.0 Å². The third-order valence-electron chi connectivity index (χ3n) is 3.95. The maximum absolute atomic E-state index is 12.8. The SMILES string of the molecule is CC(C)CCOC(=O)C(C)N1C(=O)C(C)(C)Oc2ccc(Cl)cc21. The molecule has 0 aliphatic carbocycles. The van der Waals surface area contributed by atoms with Gasteiger partial charge < -0.3 is 9.47 Å². The lowest BCUT2D eigenvalue weighted by atomic mass is 10.0. The molecular formula is C18H24ClNO4. The fraction of sp³-hybridized carbons (Fsp3) is 0.556. The number of amides is 1. The van der Waals surface area contributed by atoms with E-state index in [0.717, 1.165) is 6.42 Å². The summed E-state index contributed by atoms with van der Waals surface area (Å²) in [5.74, 6) is 0.223. The molecule has 1 amide bonds. The number of carbonyl (C=O) groups excluding carboxylic acids is 2. The van der Waals surface area contributed by atoms with Crippen LogP contribution in [0.2, 0.25) is 5.02 Å². The molecule has 5 nitrogen and oxygen atoms in total. The maximum Gasteiger partial charge on any atom is 0.328 e. The molecule has 1 aromatic rings. The molecular weight excluding hydrogens is 330 g/mol. The van der Waals surface area contributed by atoms with Gasteiger partial charge in [-0.2, -0.15) is 0 Å². The lowest BCUT2D eigenvalue weighted by molar-refractivity contribution is -0.148. The molecule has 0 saturated heterocycles. The molecule has 132 valence electrons. The number of anilines is 1. The molecule has 2 rings (SSSR count). The third-order valence-corrected chi connectivity index (χ3v) is 4.18. The Morgan fingerprint density at radius 2 is 2.00 bits per heavy atom. The Hall–Kier alpha value is -1.75. The number of nitrogens with zero attached hydrogens (tertiary/aromatic N) is 1. The van der Waals surface area contributed by atoms with Crippen LogP contribution in [0.25, 0.3) is 0 Å². The number of rotatable bonds is 5. The zero-order chi connectivity index (χ0) is 18.1. The highest BCUT2D eigenvalue weighted by Crippen LogP contribution is 2.40. The Bertz CT molecular complexity index is 642. The van der Waals surface area contributed by atoms with E-state index in [2.05, 4.69) is 13.8 Å². The van der Waals surface area contributed by atoms with E-state index in [4.69, 9.17) is 21.1 Å². The lowest BCUT2D eigenvalue weighted by Crippen LogP contribution is -2.57. The van der Waals surface area contributed by atoms with Crippen molar-refractivity contribution >= 4 is 29.2 Å². The third kappa shape index (κ3) is 3.83. The van der Waals surface area contributed by atoms with Gasteiger partial charge in [0, 0.05) is 5.02 Å². The van der Waals surface area contributed by atoms with E-state index in [9.17, 15) is 9.59 Å². The highest BCUT2D eigenvalue weighted by atomic mass is 35.5. The Labute approximate surface area is 147 Å². The van der Waals surface area contributed by atoms with Crippen LogP contribution < -0.4 is 9.64 Å². The average Bonchev–Trinajstić information content (AvgIpc) is 2.48. The van der Waals surface area contributed by atoms with Crippen LogP contribution in [0.4, 0.5) is 5.69 Å². The van der Waals surface area contributed by atoms with Gasteiger partial charge in [-0.05, 0) is 51.3 Å². The molecule has 1 atom stereocenters. The molecule has 6 heteroatoms. The van der Waals surface area contributed by atoms with Crippen LogP contribution >= 0.6 is 11.6 Å². The molecule has 0 N–H and O–H groups in total. The number of fused-ring (bicyclic) bond motifs is 1. The van der Waals surface area contributed by atoms with E-state index < -0.39 is 17.6 Å². The van der Waals surface area contributed by atoms with Crippen LogP contribution in [0, 0.1) is 5.92 Å². The predicted molar refractivity (Wildman–Crippen MR) is 93.5 cm³/mol. The molecule has 0 aromatic heterocycles. The Kier molecular flexibility index (Phi) is 5.43. The van der Waals surface area contributed by atoms with Gasteiger partial charge in [0.25, 0.3) is 5.91 Å². The number of carbonyl (C=O) groups is 2. The minimum absolute atomic E-state index is 0.300. The normalized spacial score (nSPS) is 17.3. The van der Waals surface area contributed by atoms with Gasteiger partial charge in [0.05, 0.1) is 12.3 Å². The summed E-state index contributed by atoms with van der Waals surface area (Å²) in [5.41, 5.74) is -0.576. The smallest absolute Gasteiger partial charge is 0.328 e. The van der Waals surface area contributed by atoms with Gasteiger partial charge in [-0.15, -0.1) is 0 Å².